The van der Waals surface area contributed by atoms with Crippen molar-refractivity contribution in [3.8, 4) is 12.3 Å². The Morgan fingerprint density at radius 2 is 2.00 bits per heavy atom. The maximum Gasteiger partial charge on any atom is 0.162 e. The number of hydrogen-bond donors (Lipinski definition) is 1. The summed E-state index contributed by atoms with van der Waals surface area (Å²) in [5.41, 5.74) is 1.78. The number of Topliss-reactive ketones (excluding diaryl/α,β-unsaturated/α-hetero) is 1. The van der Waals surface area contributed by atoms with Crippen molar-refractivity contribution in [2.75, 3.05) is 5.32 Å². The van der Waals surface area contributed by atoms with Crippen LogP contribution in [-0.2, 0) is 0 Å². The van der Waals surface area contributed by atoms with Gasteiger partial charge in [-0.25, -0.2) is 0 Å². The van der Waals surface area contributed by atoms with Crippen molar-refractivity contribution in [3.05, 3.63) is 29.8 Å². The highest BCUT2D eigenvalue weighted by Gasteiger charge is 2.05. The molecule has 1 unspecified atom stereocenters. The molecule has 0 saturated heterocycles. The van der Waals surface area contributed by atoms with E-state index < -0.39 is 0 Å². The molecule has 1 atom stereocenters. The first-order valence-electron chi connectivity index (χ1n) is 6.04. The fraction of sp³-hybridized carbons (Fsp3) is 0.400. The minimum absolute atomic E-state index is 0.173. The average molecular weight is 229 g/mol. The Bertz CT molecular complexity index is 400. The van der Waals surface area contributed by atoms with Crippen molar-refractivity contribution >= 4 is 11.5 Å². The Labute approximate surface area is 103 Å². The van der Waals surface area contributed by atoms with Crippen LogP contribution in [0.3, 0.4) is 0 Å². The predicted octanol–water partition coefficient (Wildman–Crippen LogP) is 3.49. The molecule has 2 nitrogen and oxygen atoms in total. The first kappa shape index (κ1) is 13.3. The summed E-state index contributed by atoms with van der Waals surface area (Å²) in [5, 5.41) is 3.36. The van der Waals surface area contributed by atoms with Gasteiger partial charge in [0.2, 0.25) is 0 Å². The number of carbonyl (C=O) groups is 1. The smallest absolute Gasteiger partial charge is 0.162 e. The van der Waals surface area contributed by atoms with Gasteiger partial charge in [0.1, 0.15) is 0 Å². The van der Waals surface area contributed by atoms with Crippen molar-refractivity contribution in [2.24, 2.45) is 0 Å². The van der Waals surface area contributed by atoms with Gasteiger partial charge in [0.25, 0.3) is 0 Å². The van der Waals surface area contributed by atoms with Gasteiger partial charge in [-0.05, 0) is 30.7 Å². The van der Waals surface area contributed by atoms with E-state index in [1.165, 1.54) is 0 Å². The molecule has 1 aromatic rings. The second-order valence-electron chi connectivity index (χ2n) is 4.01. The van der Waals surface area contributed by atoms with E-state index in [4.69, 9.17) is 6.42 Å². The SMILES string of the molecule is C#CCC(CC)Nc1ccc(C(=O)CC)cc1. The summed E-state index contributed by atoms with van der Waals surface area (Å²) in [5.74, 6) is 2.83. The lowest BCUT2D eigenvalue weighted by Crippen LogP contribution is -2.17. The van der Waals surface area contributed by atoms with Crippen molar-refractivity contribution in [3.63, 3.8) is 0 Å². The highest BCUT2D eigenvalue weighted by molar-refractivity contribution is 5.96. The van der Waals surface area contributed by atoms with Crippen molar-refractivity contribution in [1.29, 1.82) is 0 Å². The maximum atomic E-state index is 11.5. The second kappa shape index (κ2) is 6.75. The van der Waals surface area contributed by atoms with E-state index in [0.717, 1.165) is 17.7 Å². The Hall–Kier alpha value is -1.75. The molecule has 0 radical (unpaired) electrons. The summed E-state index contributed by atoms with van der Waals surface area (Å²) in [7, 11) is 0. The molecule has 0 amide bonds. The zero-order valence-electron chi connectivity index (χ0n) is 10.5. The minimum Gasteiger partial charge on any atom is -0.381 e. The largest absolute Gasteiger partial charge is 0.381 e. The van der Waals surface area contributed by atoms with Crippen LogP contribution in [0.2, 0.25) is 0 Å². The van der Waals surface area contributed by atoms with E-state index in [1.54, 1.807) is 0 Å². The van der Waals surface area contributed by atoms with E-state index in [-0.39, 0.29) is 5.78 Å². The summed E-state index contributed by atoms with van der Waals surface area (Å²) >= 11 is 0. The van der Waals surface area contributed by atoms with Crippen LogP contribution in [0.25, 0.3) is 0 Å². The molecule has 0 aliphatic rings. The molecular weight excluding hydrogens is 210 g/mol. The molecule has 90 valence electrons. The van der Waals surface area contributed by atoms with Crippen LogP contribution in [-0.4, -0.2) is 11.8 Å². The van der Waals surface area contributed by atoms with Gasteiger partial charge >= 0.3 is 0 Å². The molecule has 0 fully saturated rings. The van der Waals surface area contributed by atoms with E-state index in [0.29, 0.717) is 18.9 Å². The molecule has 1 aromatic carbocycles. The Morgan fingerprint density at radius 1 is 1.35 bits per heavy atom. The standard InChI is InChI=1S/C15H19NO/c1-4-7-13(5-2)16-14-10-8-12(9-11-14)15(17)6-3/h1,8-11,13,16H,5-7H2,2-3H3. The molecule has 0 aliphatic heterocycles. The van der Waals surface area contributed by atoms with Gasteiger partial charge in [-0.2, -0.15) is 0 Å². The number of benzene rings is 1. The minimum atomic E-state index is 0.173. The lowest BCUT2D eigenvalue weighted by molar-refractivity contribution is 0.0988. The first-order valence-corrected chi connectivity index (χ1v) is 6.04. The fourth-order valence-electron chi connectivity index (χ4n) is 1.63. The quantitative estimate of drug-likeness (QED) is 0.597. The average Bonchev–Trinajstić information content (AvgIpc) is 2.38. The lowest BCUT2D eigenvalue weighted by atomic mass is 10.1. The summed E-state index contributed by atoms with van der Waals surface area (Å²) in [6.45, 7) is 3.97. The van der Waals surface area contributed by atoms with Crippen LogP contribution in [0, 0.1) is 12.3 Å². The highest BCUT2D eigenvalue weighted by atomic mass is 16.1. The van der Waals surface area contributed by atoms with Crippen LogP contribution in [0.1, 0.15) is 43.5 Å². The number of nitrogens with one attached hydrogen (secondary N) is 1. The van der Waals surface area contributed by atoms with Crippen LogP contribution < -0.4 is 5.32 Å². The molecule has 2 heteroatoms. The number of anilines is 1. The normalized spacial score (nSPS) is 11.6. The Morgan fingerprint density at radius 3 is 2.47 bits per heavy atom. The molecule has 0 aliphatic carbocycles. The van der Waals surface area contributed by atoms with E-state index >= 15 is 0 Å². The number of rotatable bonds is 6. The molecule has 0 bridgehead atoms. The van der Waals surface area contributed by atoms with Crippen LogP contribution >= 0.6 is 0 Å². The molecule has 0 aromatic heterocycles. The first-order chi connectivity index (χ1) is 8.21. The second-order valence-corrected chi connectivity index (χ2v) is 4.01. The monoisotopic (exact) mass is 229 g/mol. The summed E-state index contributed by atoms with van der Waals surface area (Å²) in [4.78, 5) is 11.5. The number of ketones is 1. The van der Waals surface area contributed by atoms with Gasteiger partial charge in [-0.3, -0.25) is 4.79 Å². The molecule has 0 spiro atoms. The maximum absolute atomic E-state index is 11.5. The highest BCUT2D eigenvalue weighted by Crippen LogP contribution is 2.14. The number of hydrogen-bond acceptors (Lipinski definition) is 2. The van der Waals surface area contributed by atoms with Crippen molar-refractivity contribution in [2.45, 2.75) is 39.2 Å². The zero-order valence-corrected chi connectivity index (χ0v) is 10.5. The fourth-order valence-corrected chi connectivity index (χ4v) is 1.63. The van der Waals surface area contributed by atoms with Gasteiger partial charge in [0.15, 0.2) is 5.78 Å². The van der Waals surface area contributed by atoms with E-state index in [1.807, 2.05) is 31.2 Å². The van der Waals surface area contributed by atoms with Crippen LogP contribution in [0.15, 0.2) is 24.3 Å². The molecule has 1 N–H and O–H groups in total. The van der Waals surface area contributed by atoms with Gasteiger partial charge in [0.05, 0.1) is 0 Å². The molecule has 0 saturated carbocycles. The van der Waals surface area contributed by atoms with Gasteiger partial charge < -0.3 is 5.32 Å². The van der Waals surface area contributed by atoms with Crippen molar-refractivity contribution < 1.29 is 4.79 Å². The Balaban J connectivity index is 2.68. The van der Waals surface area contributed by atoms with Crippen LogP contribution in [0.5, 0.6) is 0 Å². The lowest BCUT2D eigenvalue weighted by Gasteiger charge is -2.15. The molecule has 0 heterocycles. The summed E-state index contributed by atoms with van der Waals surface area (Å²) in [6.07, 6.45) is 7.55. The van der Waals surface area contributed by atoms with Gasteiger partial charge in [-0.15, -0.1) is 12.3 Å². The summed E-state index contributed by atoms with van der Waals surface area (Å²) < 4.78 is 0. The van der Waals surface area contributed by atoms with Crippen LogP contribution in [0.4, 0.5) is 5.69 Å². The molecular formula is C15H19NO. The molecule has 1 rings (SSSR count). The third-order valence-electron chi connectivity index (χ3n) is 2.76. The predicted molar refractivity (Wildman–Crippen MR) is 72.2 cm³/mol. The third kappa shape index (κ3) is 3.96. The Kier molecular flexibility index (Phi) is 5.29. The van der Waals surface area contributed by atoms with Crippen molar-refractivity contribution in [1.82, 2.24) is 0 Å². The van der Waals surface area contributed by atoms with Gasteiger partial charge in [0, 0.05) is 30.1 Å². The van der Waals surface area contributed by atoms with E-state index in [9.17, 15) is 4.79 Å². The van der Waals surface area contributed by atoms with Gasteiger partial charge in [-0.1, -0.05) is 13.8 Å². The number of terminal acetylenes is 1. The third-order valence-corrected chi connectivity index (χ3v) is 2.76. The topological polar surface area (TPSA) is 29.1 Å². The zero-order chi connectivity index (χ0) is 12.7. The summed E-state index contributed by atoms with van der Waals surface area (Å²) in [6, 6.07) is 7.88. The number of carbonyl (C=O) groups excluding carboxylic acids is 1. The molecule has 17 heavy (non-hydrogen) atoms. The van der Waals surface area contributed by atoms with E-state index in [2.05, 4.69) is 18.2 Å².